The molecule has 0 N–H and O–H groups in total. The minimum atomic E-state index is 0.0111. The van der Waals surface area contributed by atoms with E-state index in [1.54, 1.807) is 0 Å². The summed E-state index contributed by atoms with van der Waals surface area (Å²) in [5.41, 5.74) is 1.07. The Kier molecular flexibility index (Phi) is 2.14. The molecule has 58 valence electrons. The first-order chi connectivity index (χ1) is 5.10. The van der Waals surface area contributed by atoms with Crippen molar-refractivity contribution < 1.29 is 0 Å². The van der Waals surface area contributed by atoms with E-state index in [1.165, 1.54) is 0 Å². The van der Waals surface area contributed by atoms with Gasteiger partial charge in [-0.25, -0.2) is 0 Å². The maximum absolute atomic E-state index is 4.21. The van der Waals surface area contributed by atoms with E-state index in [0.717, 1.165) is 5.71 Å². The fourth-order valence-corrected chi connectivity index (χ4v) is 0.855. The van der Waals surface area contributed by atoms with E-state index in [4.69, 9.17) is 0 Å². The van der Waals surface area contributed by atoms with Crippen molar-refractivity contribution >= 4 is 5.71 Å². The van der Waals surface area contributed by atoms with E-state index in [0.29, 0.717) is 6.54 Å². The molecule has 11 heavy (non-hydrogen) atoms. The number of aliphatic imine (C=N–C) groups is 1. The molecule has 0 radical (unpaired) electrons. The van der Waals surface area contributed by atoms with Crippen molar-refractivity contribution in [3.8, 4) is 11.8 Å². The summed E-state index contributed by atoms with van der Waals surface area (Å²) in [6.07, 6.45) is 4.13. The highest BCUT2D eigenvalue weighted by molar-refractivity contribution is 5.93. The largest absolute Gasteiger partial charge is 0.277 e. The van der Waals surface area contributed by atoms with E-state index < -0.39 is 0 Å². The van der Waals surface area contributed by atoms with Crippen molar-refractivity contribution in [2.24, 2.45) is 10.4 Å². The number of nitrogens with zero attached hydrogens (tertiary/aromatic N) is 1. The average Bonchev–Trinajstić information content (AvgIpc) is 1.92. The standard InChI is InChI=1S/C10H13N/c1-9-5-7-10(2,3)6-4-8-11-9/h5,7H,8H2,1-3H3/b7-5-,11-9?. The number of hydrogen-bond acceptors (Lipinski definition) is 1. The van der Waals surface area contributed by atoms with E-state index in [-0.39, 0.29) is 5.41 Å². The molecule has 1 nitrogen and oxygen atoms in total. The van der Waals surface area contributed by atoms with Gasteiger partial charge in [-0.2, -0.15) is 0 Å². The number of hydrogen-bond donors (Lipinski definition) is 0. The first-order valence-electron chi connectivity index (χ1n) is 3.80. The molecule has 0 saturated carbocycles. The zero-order chi connectivity index (χ0) is 8.32. The average molecular weight is 147 g/mol. The Labute approximate surface area is 68.2 Å². The monoisotopic (exact) mass is 147 g/mol. The number of rotatable bonds is 0. The van der Waals surface area contributed by atoms with Gasteiger partial charge in [-0.05, 0) is 26.8 Å². The van der Waals surface area contributed by atoms with Crippen molar-refractivity contribution in [1.29, 1.82) is 0 Å². The van der Waals surface area contributed by atoms with Crippen LogP contribution in [0.2, 0.25) is 0 Å². The lowest BCUT2D eigenvalue weighted by Gasteiger charge is -2.11. The summed E-state index contributed by atoms with van der Waals surface area (Å²) >= 11 is 0. The molecule has 0 aromatic rings. The van der Waals surface area contributed by atoms with Gasteiger partial charge in [0.15, 0.2) is 0 Å². The second-order valence-corrected chi connectivity index (χ2v) is 3.31. The van der Waals surface area contributed by atoms with Crippen molar-refractivity contribution in [3.63, 3.8) is 0 Å². The fourth-order valence-electron chi connectivity index (χ4n) is 0.855. The molecule has 0 saturated heterocycles. The summed E-state index contributed by atoms with van der Waals surface area (Å²) < 4.78 is 0. The Hall–Kier alpha value is -1.03. The number of allylic oxidation sites excluding steroid dienone is 2. The van der Waals surface area contributed by atoms with Crippen LogP contribution in [0.1, 0.15) is 20.8 Å². The topological polar surface area (TPSA) is 12.4 Å². The Morgan fingerprint density at radius 3 is 3.00 bits per heavy atom. The van der Waals surface area contributed by atoms with Gasteiger partial charge in [-0.3, -0.25) is 4.99 Å². The Balaban J connectivity index is 2.91. The second kappa shape index (κ2) is 2.92. The fraction of sp³-hybridized carbons (Fsp3) is 0.500. The molecule has 0 bridgehead atoms. The smallest absolute Gasteiger partial charge is 0.100 e. The van der Waals surface area contributed by atoms with Gasteiger partial charge in [0.25, 0.3) is 0 Å². The minimum absolute atomic E-state index is 0.0111. The van der Waals surface area contributed by atoms with Crippen LogP contribution in [0.5, 0.6) is 0 Å². The summed E-state index contributed by atoms with van der Waals surface area (Å²) in [7, 11) is 0. The minimum Gasteiger partial charge on any atom is -0.277 e. The van der Waals surface area contributed by atoms with E-state index >= 15 is 0 Å². The summed E-state index contributed by atoms with van der Waals surface area (Å²) in [4.78, 5) is 4.21. The molecule has 1 heteroatoms. The van der Waals surface area contributed by atoms with Crippen LogP contribution in [0.4, 0.5) is 0 Å². The third-order valence-corrected chi connectivity index (χ3v) is 1.56. The van der Waals surface area contributed by atoms with Crippen LogP contribution in [0.3, 0.4) is 0 Å². The van der Waals surface area contributed by atoms with Gasteiger partial charge in [-0.1, -0.05) is 17.9 Å². The normalized spacial score (nSPS) is 23.7. The highest BCUT2D eigenvalue weighted by Crippen LogP contribution is 2.15. The Morgan fingerprint density at radius 1 is 1.55 bits per heavy atom. The van der Waals surface area contributed by atoms with E-state index in [1.807, 2.05) is 13.0 Å². The molecule has 1 rings (SSSR count). The van der Waals surface area contributed by atoms with Crippen LogP contribution < -0.4 is 0 Å². The maximum Gasteiger partial charge on any atom is 0.100 e. The van der Waals surface area contributed by atoms with Gasteiger partial charge in [0.2, 0.25) is 0 Å². The van der Waals surface area contributed by atoms with Crippen LogP contribution in [-0.4, -0.2) is 12.3 Å². The highest BCUT2D eigenvalue weighted by Gasteiger charge is 2.09. The zero-order valence-corrected chi connectivity index (χ0v) is 7.31. The lowest BCUT2D eigenvalue weighted by Crippen LogP contribution is -2.06. The van der Waals surface area contributed by atoms with Crippen molar-refractivity contribution in [2.75, 3.05) is 6.54 Å². The first kappa shape index (κ1) is 8.07. The maximum atomic E-state index is 4.21. The molecule has 0 unspecified atom stereocenters. The van der Waals surface area contributed by atoms with Crippen molar-refractivity contribution in [1.82, 2.24) is 0 Å². The van der Waals surface area contributed by atoms with Gasteiger partial charge in [0, 0.05) is 11.1 Å². The Bertz CT molecular complexity index is 258. The Morgan fingerprint density at radius 2 is 2.27 bits per heavy atom. The van der Waals surface area contributed by atoms with E-state index in [2.05, 4.69) is 36.8 Å². The van der Waals surface area contributed by atoms with Crippen LogP contribution in [-0.2, 0) is 0 Å². The van der Waals surface area contributed by atoms with Crippen LogP contribution in [0.25, 0.3) is 0 Å². The molecule has 0 amide bonds. The lowest BCUT2D eigenvalue weighted by molar-refractivity contribution is 0.654. The molecule has 1 aliphatic rings. The summed E-state index contributed by atoms with van der Waals surface area (Å²) in [6.45, 7) is 6.85. The molecule has 0 aromatic heterocycles. The first-order valence-corrected chi connectivity index (χ1v) is 3.80. The molecule has 0 fully saturated rings. The predicted molar refractivity (Wildman–Crippen MR) is 48.7 cm³/mol. The zero-order valence-electron chi connectivity index (χ0n) is 7.31. The van der Waals surface area contributed by atoms with Gasteiger partial charge < -0.3 is 0 Å². The van der Waals surface area contributed by atoms with Crippen molar-refractivity contribution in [3.05, 3.63) is 12.2 Å². The summed E-state index contributed by atoms with van der Waals surface area (Å²) in [6, 6.07) is 0. The molecular weight excluding hydrogens is 134 g/mol. The molecular formula is C10H13N. The van der Waals surface area contributed by atoms with Crippen molar-refractivity contribution in [2.45, 2.75) is 20.8 Å². The third-order valence-electron chi connectivity index (χ3n) is 1.56. The second-order valence-electron chi connectivity index (χ2n) is 3.31. The van der Waals surface area contributed by atoms with Crippen LogP contribution in [0.15, 0.2) is 17.1 Å². The molecule has 0 atom stereocenters. The highest BCUT2D eigenvalue weighted by atomic mass is 14.7. The van der Waals surface area contributed by atoms with Gasteiger partial charge in [0.05, 0.1) is 0 Å². The van der Waals surface area contributed by atoms with Crippen LogP contribution in [0, 0.1) is 17.3 Å². The molecule has 0 aliphatic carbocycles. The summed E-state index contributed by atoms with van der Waals surface area (Å²) in [5.74, 6) is 6.16. The quantitative estimate of drug-likeness (QED) is 0.465. The van der Waals surface area contributed by atoms with Gasteiger partial charge in [-0.15, -0.1) is 0 Å². The molecule has 1 heterocycles. The predicted octanol–water partition coefficient (Wildman–Crippen LogP) is 2.05. The molecule has 1 aliphatic heterocycles. The third kappa shape index (κ3) is 2.59. The van der Waals surface area contributed by atoms with Gasteiger partial charge in [0.1, 0.15) is 6.54 Å². The lowest BCUT2D eigenvalue weighted by atomic mass is 9.93. The van der Waals surface area contributed by atoms with E-state index in [9.17, 15) is 0 Å². The molecule has 0 spiro atoms. The van der Waals surface area contributed by atoms with Crippen LogP contribution >= 0.6 is 0 Å². The summed E-state index contributed by atoms with van der Waals surface area (Å²) in [5, 5.41) is 0. The molecule has 0 aromatic carbocycles. The SMILES string of the molecule is CC1=NCC#CC(C)(C)/C=C\1. The van der Waals surface area contributed by atoms with Gasteiger partial charge >= 0.3 is 0 Å².